The molecule has 35 heavy (non-hydrogen) atoms. The van der Waals surface area contributed by atoms with Gasteiger partial charge in [0.15, 0.2) is 5.82 Å². The summed E-state index contributed by atoms with van der Waals surface area (Å²) in [7, 11) is 0. The largest absolute Gasteiger partial charge is 0.483 e. The molecule has 10 heteroatoms. The number of carboxylic acid groups (broad SMARTS) is 1. The molecule has 192 valence electrons. The van der Waals surface area contributed by atoms with Crippen molar-refractivity contribution in [3.05, 3.63) is 22.7 Å². The van der Waals surface area contributed by atoms with Crippen LogP contribution >= 0.6 is 15.9 Å². The Kier molecular flexibility index (Phi) is 8.42. The van der Waals surface area contributed by atoms with E-state index in [0.29, 0.717) is 18.2 Å². The molecule has 2 heterocycles. The Labute approximate surface area is 213 Å². The Balaban J connectivity index is 0.000000917. The van der Waals surface area contributed by atoms with E-state index in [1.54, 1.807) is 0 Å². The molecule has 3 saturated carbocycles. The van der Waals surface area contributed by atoms with Gasteiger partial charge in [-0.05, 0) is 104 Å². The van der Waals surface area contributed by atoms with Crippen LogP contribution in [0.25, 0.3) is 0 Å². The minimum atomic E-state index is -0.516. The van der Waals surface area contributed by atoms with Crippen molar-refractivity contribution < 1.29 is 23.9 Å². The first-order chi connectivity index (χ1) is 16.9. The quantitative estimate of drug-likeness (QED) is 0.258. The van der Waals surface area contributed by atoms with E-state index in [1.807, 2.05) is 0 Å². The van der Waals surface area contributed by atoms with E-state index >= 15 is 0 Å². The zero-order valence-corrected chi connectivity index (χ0v) is 21.4. The summed E-state index contributed by atoms with van der Waals surface area (Å²) in [5.74, 6) is -0.710. The zero-order valence-electron chi connectivity index (χ0n) is 19.8. The van der Waals surface area contributed by atoms with E-state index in [9.17, 15) is 14.0 Å². The van der Waals surface area contributed by atoms with Crippen LogP contribution in [-0.4, -0.2) is 59.5 Å². The van der Waals surface area contributed by atoms with Crippen molar-refractivity contribution in [2.24, 2.45) is 29.1 Å². The van der Waals surface area contributed by atoms with Gasteiger partial charge in [0.1, 0.15) is 4.60 Å². The molecular formula is C25H34BrFN4O4. The number of hydrogen-bond donors (Lipinski definition) is 3. The van der Waals surface area contributed by atoms with Gasteiger partial charge in [0.05, 0.1) is 23.7 Å². The third-order valence-corrected chi connectivity index (χ3v) is 9.00. The summed E-state index contributed by atoms with van der Waals surface area (Å²) in [6, 6.07) is 1.27. The predicted octanol–water partition coefficient (Wildman–Crippen LogP) is 3.67. The number of pyridine rings is 1. The van der Waals surface area contributed by atoms with Crippen molar-refractivity contribution in [1.82, 2.24) is 15.2 Å². The van der Waals surface area contributed by atoms with Crippen LogP contribution in [0.5, 0.6) is 0 Å². The van der Waals surface area contributed by atoms with Gasteiger partial charge in [-0.2, -0.15) is 0 Å². The maximum Gasteiger partial charge on any atom is 0.290 e. The Morgan fingerprint density at radius 3 is 2.40 bits per heavy atom. The topological polar surface area (TPSA) is 112 Å². The smallest absolute Gasteiger partial charge is 0.290 e. The van der Waals surface area contributed by atoms with Crippen molar-refractivity contribution in [3.8, 4) is 0 Å². The molecule has 4 atom stereocenters. The summed E-state index contributed by atoms with van der Waals surface area (Å²) in [5.41, 5.74) is 0.521. The van der Waals surface area contributed by atoms with Crippen molar-refractivity contribution >= 4 is 39.9 Å². The summed E-state index contributed by atoms with van der Waals surface area (Å²) in [6.07, 6.45) is 10.4. The summed E-state index contributed by atoms with van der Waals surface area (Å²) >= 11 is 3.04. The minimum Gasteiger partial charge on any atom is -0.483 e. The molecule has 5 rings (SSSR count). The highest BCUT2D eigenvalue weighted by atomic mass is 79.9. The van der Waals surface area contributed by atoms with Crippen molar-refractivity contribution in [2.45, 2.75) is 51.4 Å². The number of aromatic nitrogens is 1. The first-order valence-corrected chi connectivity index (χ1v) is 13.4. The van der Waals surface area contributed by atoms with Gasteiger partial charge in [-0.3, -0.25) is 14.4 Å². The molecule has 1 saturated heterocycles. The molecule has 1 spiro atoms. The fourth-order valence-electron chi connectivity index (χ4n) is 6.87. The van der Waals surface area contributed by atoms with Gasteiger partial charge in [-0.15, -0.1) is 0 Å². The number of unbranched alkanes of at least 4 members (excludes halogenated alkanes) is 1. The number of nitrogens with zero attached hydrogens (tertiary/aromatic N) is 2. The molecule has 8 nitrogen and oxygen atoms in total. The van der Waals surface area contributed by atoms with Gasteiger partial charge >= 0.3 is 0 Å². The van der Waals surface area contributed by atoms with Crippen molar-refractivity contribution in [1.29, 1.82) is 0 Å². The maximum atomic E-state index is 13.9. The van der Waals surface area contributed by atoms with Gasteiger partial charge < -0.3 is 20.6 Å². The van der Waals surface area contributed by atoms with Crippen LogP contribution in [-0.2, 0) is 14.4 Å². The molecule has 1 aromatic heterocycles. The second kappa shape index (κ2) is 11.3. The summed E-state index contributed by atoms with van der Waals surface area (Å²) in [6.45, 7) is 3.93. The van der Waals surface area contributed by atoms with Crippen molar-refractivity contribution in [2.75, 3.05) is 31.5 Å². The van der Waals surface area contributed by atoms with Gasteiger partial charge in [-0.1, -0.05) is 0 Å². The monoisotopic (exact) mass is 552 g/mol. The molecular weight excluding hydrogens is 519 g/mol. The lowest BCUT2D eigenvalue weighted by molar-refractivity contribution is -0.134. The predicted molar refractivity (Wildman–Crippen MR) is 132 cm³/mol. The van der Waals surface area contributed by atoms with E-state index in [-0.39, 0.29) is 46.1 Å². The Morgan fingerprint density at radius 1 is 1.17 bits per heavy atom. The maximum absolute atomic E-state index is 13.9. The van der Waals surface area contributed by atoms with E-state index in [2.05, 4.69) is 36.4 Å². The fourth-order valence-corrected chi connectivity index (χ4v) is 7.09. The highest BCUT2D eigenvalue weighted by molar-refractivity contribution is 9.10. The highest BCUT2D eigenvalue weighted by Crippen LogP contribution is 2.74. The molecule has 3 N–H and O–H groups in total. The average molecular weight is 553 g/mol. The number of anilines is 1. The molecule has 1 aliphatic heterocycles. The molecule has 0 unspecified atom stereocenters. The molecule has 2 amide bonds. The highest BCUT2D eigenvalue weighted by Gasteiger charge is 2.71. The molecule has 2 bridgehead atoms. The van der Waals surface area contributed by atoms with Crippen LogP contribution in [0.2, 0.25) is 0 Å². The average Bonchev–Trinajstić information content (AvgIpc) is 3.19. The van der Waals surface area contributed by atoms with Gasteiger partial charge in [0, 0.05) is 12.6 Å². The molecule has 0 aromatic carbocycles. The van der Waals surface area contributed by atoms with Crippen LogP contribution in [0.3, 0.4) is 0 Å². The summed E-state index contributed by atoms with van der Waals surface area (Å²) in [5, 5.41) is 12.9. The lowest BCUT2D eigenvalue weighted by Crippen LogP contribution is -2.43. The standard InChI is InChI=1S/C24H32BrFN4O2.CH2O2/c25-21-18(26)13-15(14-28-21)29-23(32)20-17-6-5-16(24(17)7-8-24)19(20)22(31)27-9-1-2-10-30-11-3-4-12-30;2-1-3/h13-14,16-17,19-20H,1-12H2,(H,27,31)(H,29,32);1H,(H,2,3)/t16-,17+,19-,20-;/m1./s1. The molecule has 4 fully saturated rings. The van der Waals surface area contributed by atoms with E-state index in [1.165, 1.54) is 38.2 Å². The minimum absolute atomic E-state index is 0.0323. The second-order valence-electron chi connectivity index (χ2n) is 10.2. The normalized spacial score (nSPS) is 27.8. The Bertz CT molecular complexity index is 938. The molecule has 0 radical (unpaired) electrons. The first kappa shape index (κ1) is 26.0. The van der Waals surface area contributed by atoms with Gasteiger partial charge in [0.2, 0.25) is 11.8 Å². The number of nitrogens with one attached hydrogen (secondary N) is 2. The number of likely N-dealkylation sites (tertiary alicyclic amines) is 1. The lowest BCUT2D eigenvalue weighted by atomic mass is 9.78. The lowest BCUT2D eigenvalue weighted by Gasteiger charge is -2.29. The van der Waals surface area contributed by atoms with Gasteiger partial charge in [0.25, 0.3) is 6.47 Å². The molecule has 4 aliphatic rings. The summed E-state index contributed by atoms with van der Waals surface area (Å²) in [4.78, 5) is 41.3. The van der Waals surface area contributed by atoms with Crippen LogP contribution in [0, 0.1) is 34.9 Å². The number of hydrogen-bond acceptors (Lipinski definition) is 5. The second-order valence-corrected chi connectivity index (χ2v) is 11.0. The van der Waals surface area contributed by atoms with E-state index < -0.39 is 5.82 Å². The van der Waals surface area contributed by atoms with Crippen LogP contribution in [0.15, 0.2) is 16.9 Å². The van der Waals surface area contributed by atoms with Crippen LogP contribution in [0.4, 0.5) is 10.1 Å². The zero-order chi connectivity index (χ0) is 25.0. The fraction of sp³-hybridized carbons (Fsp3) is 0.680. The van der Waals surface area contributed by atoms with Crippen LogP contribution < -0.4 is 10.6 Å². The number of carbonyl (C=O) groups is 3. The summed E-state index contributed by atoms with van der Waals surface area (Å²) < 4.78 is 14.0. The van der Waals surface area contributed by atoms with E-state index in [0.717, 1.165) is 45.1 Å². The number of rotatable bonds is 8. The third kappa shape index (κ3) is 5.53. The molecule has 3 aliphatic carbocycles. The number of halogens is 2. The SMILES string of the molecule is O=C(NCCCCN1CCCC1)[C@H]1[C@H](C(=O)Nc2cnc(Br)c(F)c2)[C@@H]2CC[C@H]1C21CC1.O=CO. The molecule has 1 aromatic rings. The third-order valence-electron chi connectivity index (χ3n) is 8.42. The Morgan fingerprint density at radius 2 is 1.80 bits per heavy atom. The van der Waals surface area contributed by atoms with Gasteiger partial charge in [-0.25, -0.2) is 9.37 Å². The van der Waals surface area contributed by atoms with Crippen molar-refractivity contribution in [3.63, 3.8) is 0 Å². The van der Waals surface area contributed by atoms with Crippen LogP contribution in [0.1, 0.15) is 51.4 Å². The van der Waals surface area contributed by atoms with E-state index in [4.69, 9.17) is 9.90 Å². The number of carbonyl (C=O) groups excluding carboxylic acids is 2. The number of amides is 2. The Hall–Kier alpha value is -2.07. The first-order valence-electron chi connectivity index (χ1n) is 12.6.